The molecule has 1 unspecified atom stereocenters. The van der Waals surface area contributed by atoms with Crippen molar-refractivity contribution in [3.8, 4) is 0 Å². The molecule has 1 aromatic carbocycles. The number of hydrogen-bond acceptors (Lipinski definition) is 3. The van der Waals surface area contributed by atoms with E-state index in [1.165, 1.54) is 0 Å². The number of urea groups is 1. The first-order valence-corrected chi connectivity index (χ1v) is 5.98. The van der Waals surface area contributed by atoms with Crippen LogP contribution >= 0.6 is 27.5 Å². The molecule has 1 rings (SSSR count). The fourth-order valence-corrected chi connectivity index (χ4v) is 1.75. The highest BCUT2D eigenvalue weighted by atomic mass is 79.9. The summed E-state index contributed by atoms with van der Waals surface area (Å²) < 4.78 is 0.764. The van der Waals surface area contributed by atoms with Gasteiger partial charge in [-0.25, -0.2) is 9.59 Å². The van der Waals surface area contributed by atoms with Crippen LogP contribution in [0.15, 0.2) is 22.7 Å². The maximum atomic E-state index is 11.4. The van der Waals surface area contributed by atoms with Gasteiger partial charge < -0.3 is 20.8 Å². The van der Waals surface area contributed by atoms with E-state index in [-0.39, 0.29) is 0 Å². The lowest BCUT2D eigenvalue weighted by Crippen LogP contribution is -2.38. The van der Waals surface area contributed by atoms with E-state index in [9.17, 15) is 9.59 Å². The summed E-state index contributed by atoms with van der Waals surface area (Å²) >= 11 is 9.09. The van der Waals surface area contributed by atoms with E-state index in [0.717, 1.165) is 4.47 Å². The minimum Gasteiger partial charge on any atom is -0.479 e. The van der Waals surface area contributed by atoms with Crippen LogP contribution in [0, 0.1) is 0 Å². The van der Waals surface area contributed by atoms with Crippen molar-refractivity contribution in [2.75, 3.05) is 11.9 Å². The van der Waals surface area contributed by atoms with Crippen molar-refractivity contribution in [1.82, 2.24) is 5.32 Å². The van der Waals surface area contributed by atoms with E-state index in [4.69, 9.17) is 21.8 Å². The second-order valence-corrected chi connectivity index (χ2v) is 4.64. The largest absolute Gasteiger partial charge is 0.479 e. The number of hydrogen-bond donors (Lipinski definition) is 4. The van der Waals surface area contributed by atoms with E-state index in [2.05, 4.69) is 26.6 Å². The Morgan fingerprint density at radius 3 is 2.67 bits per heavy atom. The predicted molar refractivity (Wildman–Crippen MR) is 69.8 cm³/mol. The Bertz CT molecular complexity index is 469. The Morgan fingerprint density at radius 1 is 1.44 bits per heavy atom. The van der Waals surface area contributed by atoms with Crippen molar-refractivity contribution in [2.45, 2.75) is 6.10 Å². The molecule has 0 aliphatic rings. The van der Waals surface area contributed by atoms with Gasteiger partial charge in [-0.05, 0) is 18.2 Å². The number of aliphatic hydroxyl groups excluding tert-OH is 1. The van der Waals surface area contributed by atoms with Crippen molar-refractivity contribution in [2.24, 2.45) is 0 Å². The number of carbonyl (C=O) groups excluding carboxylic acids is 1. The molecule has 0 saturated heterocycles. The summed E-state index contributed by atoms with van der Waals surface area (Å²) in [5.41, 5.74) is 0.377. The van der Waals surface area contributed by atoms with Crippen LogP contribution in [0.1, 0.15) is 0 Å². The molecule has 0 aliphatic carbocycles. The lowest BCUT2D eigenvalue weighted by Gasteiger charge is -2.10. The average Bonchev–Trinajstić information content (AvgIpc) is 2.29. The topological polar surface area (TPSA) is 98.7 Å². The van der Waals surface area contributed by atoms with Crippen LogP contribution in [0.25, 0.3) is 0 Å². The molecule has 0 aromatic heterocycles. The molecule has 0 fully saturated rings. The van der Waals surface area contributed by atoms with Crippen LogP contribution in [-0.4, -0.2) is 34.9 Å². The quantitative estimate of drug-likeness (QED) is 0.671. The van der Waals surface area contributed by atoms with Gasteiger partial charge in [0.25, 0.3) is 0 Å². The number of rotatable bonds is 4. The zero-order valence-corrected chi connectivity index (χ0v) is 11.3. The SMILES string of the molecule is O=C(NCC(O)C(=O)O)Nc1ccc(Br)cc1Cl. The number of aliphatic hydroxyl groups is 1. The highest BCUT2D eigenvalue weighted by Crippen LogP contribution is 2.25. The van der Waals surface area contributed by atoms with Gasteiger partial charge in [-0.3, -0.25) is 0 Å². The number of aliphatic carboxylic acids is 1. The van der Waals surface area contributed by atoms with E-state index >= 15 is 0 Å². The third-order valence-electron chi connectivity index (χ3n) is 1.92. The number of nitrogens with one attached hydrogen (secondary N) is 2. The van der Waals surface area contributed by atoms with Gasteiger partial charge in [0.1, 0.15) is 0 Å². The first-order valence-electron chi connectivity index (χ1n) is 4.81. The summed E-state index contributed by atoms with van der Waals surface area (Å²) in [7, 11) is 0. The van der Waals surface area contributed by atoms with E-state index < -0.39 is 24.6 Å². The van der Waals surface area contributed by atoms with Crippen molar-refractivity contribution in [3.05, 3.63) is 27.7 Å². The number of carbonyl (C=O) groups is 2. The summed E-state index contributed by atoms with van der Waals surface area (Å²) in [6.45, 7) is -0.394. The molecule has 0 spiro atoms. The van der Waals surface area contributed by atoms with Crippen LogP contribution in [0.2, 0.25) is 5.02 Å². The number of amides is 2. The van der Waals surface area contributed by atoms with Crippen molar-refractivity contribution in [3.63, 3.8) is 0 Å². The van der Waals surface area contributed by atoms with Gasteiger partial charge in [0.05, 0.1) is 17.3 Å². The normalized spacial score (nSPS) is 11.7. The zero-order valence-electron chi connectivity index (χ0n) is 8.98. The van der Waals surface area contributed by atoms with Gasteiger partial charge in [-0.15, -0.1) is 0 Å². The standard InChI is InChI=1S/C10H10BrClN2O4/c11-5-1-2-7(6(12)3-5)14-10(18)13-4-8(15)9(16)17/h1-3,8,15H,4H2,(H,16,17)(H2,13,14,18). The number of carboxylic acids is 1. The minimum atomic E-state index is -1.64. The zero-order chi connectivity index (χ0) is 13.7. The molecule has 0 heterocycles. The molecule has 8 heteroatoms. The Kier molecular flexibility index (Phi) is 5.39. The van der Waals surface area contributed by atoms with E-state index in [1.807, 2.05) is 0 Å². The van der Waals surface area contributed by atoms with Crippen LogP contribution in [-0.2, 0) is 4.79 Å². The molecule has 98 valence electrons. The van der Waals surface area contributed by atoms with Gasteiger partial charge in [0, 0.05) is 4.47 Å². The first kappa shape index (κ1) is 14.7. The molecule has 1 atom stereocenters. The van der Waals surface area contributed by atoms with Crippen molar-refractivity contribution in [1.29, 1.82) is 0 Å². The Balaban J connectivity index is 2.52. The summed E-state index contributed by atoms with van der Waals surface area (Å²) in [6, 6.07) is 4.22. The van der Waals surface area contributed by atoms with Crippen molar-refractivity contribution < 1.29 is 19.8 Å². The van der Waals surface area contributed by atoms with Gasteiger partial charge >= 0.3 is 12.0 Å². The summed E-state index contributed by atoms with van der Waals surface area (Å²) in [4.78, 5) is 21.7. The molecule has 0 saturated carbocycles. The molecule has 1 aromatic rings. The van der Waals surface area contributed by atoms with Crippen LogP contribution in [0.3, 0.4) is 0 Å². The van der Waals surface area contributed by atoms with E-state index in [1.54, 1.807) is 18.2 Å². The molecular formula is C10H10BrClN2O4. The lowest BCUT2D eigenvalue weighted by molar-refractivity contribution is -0.146. The number of carboxylic acid groups (broad SMARTS) is 1. The minimum absolute atomic E-state index is 0.332. The monoisotopic (exact) mass is 336 g/mol. The smallest absolute Gasteiger partial charge is 0.334 e. The lowest BCUT2D eigenvalue weighted by atomic mass is 10.3. The summed E-state index contributed by atoms with van der Waals surface area (Å²) in [5, 5.41) is 22.3. The molecule has 0 radical (unpaired) electrons. The van der Waals surface area contributed by atoms with Crippen LogP contribution in [0.5, 0.6) is 0 Å². The Morgan fingerprint density at radius 2 is 2.11 bits per heavy atom. The highest BCUT2D eigenvalue weighted by molar-refractivity contribution is 9.10. The fourth-order valence-electron chi connectivity index (χ4n) is 1.03. The third kappa shape index (κ3) is 4.52. The third-order valence-corrected chi connectivity index (χ3v) is 2.73. The summed E-state index contributed by atoms with van der Waals surface area (Å²) in [5.74, 6) is -1.41. The number of halogens is 2. The average molecular weight is 338 g/mol. The predicted octanol–water partition coefficient (Wildman–Crippen LogP) is 1.67. The molecule has 18 heavy (non-hydrogen) atoms. The van der Waals surface area contributed by atoms with Gasteiger partial charge in [-0.1, -0.05) is 27.5 Å². The molecule has 6 nitrogen and oxygen atoms in total. The van der Waals surface area contributed by atoms with Crippen LogP contribution in [0.4, 0.5) is 10.5 Å². The van der Waals surface area contributed by atoms with Gasteiger partial charge in [-0.2, -0.15) is 0 Å². The second-order valence-electron chi connectivity index (χ2n) is 3.31. The maximum Gasteiger partial charge on any atom is 0.334 e. The Labute approximate surface area is 116 Å². The van der Waals surface area contributed by atoms with Gasteiger partial charge in [0.2, 0.25) is 0 Å². The number of benzene rings is 1. The molecule has 2 amide bonds. The van der Waals surface area contributed by atoms with Crippen LogP contribution < -0.4 is 10.6 Å². The molecule has 0 bridgehead atoms. The molecular weight excluding hydrogens is 327 g/mol. The van der Waals surface area contributed by atoms with Crippen molar-refractivity contribution >= 4 is 45.2 Å². The Hall–Kier alpha value is -1.31. The molecule has 4 N–H and O–H groups in total. The first-order chi connectivity index (χ1) is 8.40. The maximum absolute atomic E-state index is 11.4. The highest BCUT2D eigenvalue weighted by Gasteiger charge is 2.14. The molecule has 0 aliphatic heterocycles. The summed E-state index contributed by atoms with van der Waals surface area (Å²) in [6.07, 6.45) is -1.64. The van der Waals surface area contributed by atoms with E-state index in [0.29, 0.717) is 10.7 Å². The fraction of sp³-hybridized carbons (Fsp3) is 0.200. The number of anilines is 1. The van der Waals surface area contributed by atoms with Gasteiger partial charge in [0.15, 0.2) is 6.10 Å². The second kappa shape index (κ2) is 6.58.